The Balaban J connectivity index is 0.000000868. The Hall–Kier alpha value is -4.10. The molecule has 0 spiro atoms. The van der Waals surface area contributed by atoms with Gasteiger partial charge in [0.25, 0.3) is 5.91 Å². The molecule has 1 aliphatic heterocycles. The van der Waals surface area contributed by atoms with E-state index in [0.29, 0.717) is 11.4 Å². The Morgan fingerprint density at radius 1 is 0.941 bits per heavy atom. The van der Waals surface area contributed by atoms with Crippen LogP contribution in [0.4, 0.5) is 5.69 Å². The van der Waals surface area contributed by atoms with Crippen LogP contribution in [0.5, 0.6) is 5.88 Å². The monoisotopic (exact) mass is 469 g/mol. The zero-order valence-electron chi connectivity index (χ0n) is 18.5. The molecule has 34 heavy (non-hydrogen) atoms. The van der Waals surface area contributed by atoms with Gasteiger partial charge in [-0.3, -0.25) is 9.59 Å². The molecule has 0 saturated carbocycles. The molecule has 3 aromatic carbocycles. The number of amides is 2. The Labute approximate surface area is 202 Å². The number of rotatable bonds is 4. The molecular weight excluding hydrogens is 446 g/mol. The van der Waals surface area contributed by atoms with Crippen molar-refractivity contribution < 1.29 is 14.3 Å². The lowest BCUT2D eigenvalue weighted by atomic mass is 10.0. The van der Waals surface area contributed by atoms with Gasteiger partial charge in [-0.05, 0) is 53.4 Å². The highest BCUT2D eigenvalue weighted by Crippen LogP contribution is 2.39. The standard InChI is InChI=1S/C26H20N2O2S.CH3NO/c1-30-25-13-11-20(16-27-25)19-9-6-17(7-10-19)14-18-8-12-24-22(15-18)28-26(29)21-4-2-3-5-23(21)31-24;2-1-3/h2-13,15-16H,14H2,1H3,(H,28,29);1H,(H2,2,3). The zero-order chi connectivity index (χ0) is 23.9. The summed E-state index contributed by atoms with van der Waals surface area (Å²) in [6.45, 7) is 0. The number of nitrogens with two attached hydrogens (primary N) is 1. The van der Waals surface area contributed by atoms with Crippen LogP contribution in [0.15, 0.2) is 94.9 Å². The van der Waals surface area contributed by atoms with Gasteiger partial charge in [0, 0.05) is 27.6 Å². The molecule has 1 aromatic heterocycles. The summed E-state index contributed by atoms with van der Waals surface area (Å²) in [4.78, 5) is 27.5. The Kier molecular flexibility index (Phi) is 7.25. The van der Waals surface area contributed by atoms with Crippen molar-refractivity contribution in [2.75, 3.05) is 12.4 Å². The molecule has 0 saturated heterocycles. The van der Waals surface area contributed by atoms with Crippen LogP contribution in [0.25, 0.3) is 11.1 Å². The van der Waals surface area contributed by atoms with E-state index in [9.17, 15) is 4.79 Å². The fraction of sp³-hybridized carbons (Fsp3) is 0.0741. The number of pyridine rings is 1. The molecule has 0 bridgehead atoms. The van der Waals surface area contributed by atoms with Crippen LogP contribution < -0.4 is 15.8 Å². The number of ether oxygens (including phenoxy) is 1. The van der Waals surface area contributed by atoms with Crippen LogP contribution in [-0.2, 0) is 11.2 Å². The molecular formula is C27H23N3O3S. The van der Waals surface area contributed by atoms with E-state index in [4.69, 9.17) is 9.53 Å². The largest absolute Gasteiger partial charge is 0.481 e. The average Bonchev–Trinajstić information content (AvgIpc) is 3.00. The second-order valence-electron chi connectivity index (χ2n) is 7.48. The second kappa shape index (κ2) is 10.7. The zero-order valence-corrected chi connectivity index (χ0v) is 19.3. The van der Waals surface area contributed by atoms with E-state index >= 15 is 0 Å². The number of hydrogen-bond acceptors (Lipinski definition) is 5. The lowest BCUT2D eigenvalue weighted by molar-refractivity contribution is -0.106. The van der Waals surface area contributed by atoms with Crippen LogP contribution in [0.3, 0.4) is 0 Å². The number of benzene rings is 3. The maximum atomic E-state index is 12.6. The number of methoxy groups -OCH3 is 1. The van der Waals surface area contributed by atoms with Crippen molar-refractivity contribution in [3.8, 4) is 17.0 Å². The summed E-state index contributed by atoms with van der Waals surface area (Å²) in [6.07, 6.45) is 2.86. The van der Waals surface area contributed by atoms with Crippen LogP contribution >= 0.6 is 11.8 Å². The van der Waals surface area contributed by atoms with E-state index in [1.807, 2.05) is 42.6 Å². The molecule has 7 heteroatoms. The molecule has 3 N–H and O–H groups in total. The molecule has 0 fully saturated rings. The quantitative estimate of drug-likeness (QED) is 0.402. The first-order valence-electron chi connectivity index (χ1n) is 10.6. The molecule has 2 amide bonds. The van der Waals surface area contributed by atoms with Crippen molar-refractivity contribution in [2.24, 2.45) is 5.73 Å². The lowest BCUT2D eigenvalue weighted by Crippen LogP contribution is -2.11. The van der Waals surface area contributed by atoms with Gasteiger partial charge in [-0.1, -0.05) is 54.2 Å². The van der Waals surface area contributed by atoms with E-state index in [-0.39, 0.29) is 12.3 Å². The topological polar surface area (TPSA) is 94.3 Å². The van der Waals surface area contributed by atoms with Gasteiger partial charge < -0.3 is 15.8 Å². The normalized spacial score (nSPS) is 11.6. The third-order valence-electron chi connectivity index (χ3n) is 5.28. The Bertz CT molecular complexity index is 1310. The summed E-state index contributed by atoms with van der Waals surface area (Å²) >= 11 is 1.63. The first-order chi connectivity index (χ1) is 16.6. The number of primary amides is 1. The summed E-state index contributed by atoms with van der Waals surface area (Å²) in [7, 11) is 1.61. The maximum absolute atomic E-state index is 12.6. The number of aromatic nitrogens is 1. The van der Waals surface area contributed by atoms with E-state index in [2.05, 4.69) is 58.5 Å². The van der Waals surface area contributed by atoms with E-state index in [1.165, 1.54) is 5.56 Å². The molecule has 0 unspecified atom stereocenters. The predicted molar refractivity (Wildman–Crippen MR) is 134 cm³/mol. The molecule has 0 radical (unpaired) electrons. The molecule has 5 rings (SSSR count). The van der Waals surface area contributed by atoms with E-state index in [1.54, 1.807) is 18.9 Å². The first kappa shape index (κ1) is 23.1. The maximum Gasteiger partial charge on any atom is 0.256 e. The lowest BCUT2D eigenvalue weighted by Gasteiger charge is -2.10. The van der Waals surface area contributed by atoms with Crippen LogP contribution in [0.2, 0.25) is 0 Å². The van der Waals surface area contributed by atoms with Crippen LogP contribution in [0, 0.1) is 0 Å². The van der Waals surface area contributed by atoms with Crippen molar-refractivity contribution >= 4 is 29.8 Å². The third kappa shape index (κ3) is 5.27. The molecule has 170 valence electrons. The van der Waals surface area contributed by atoms with Gasteiger partial charge >= 0.3 is 0 Å². The van der Waals surface area contributed by atoms with E-state index < -0.39 is 0 Å². The summed E-state index contributed by atoms with van der Waals surface area (Å²) in [5.41, 5.74) is 10.3. The highest BCUT2D eigenvalue weighted by Gasteiger charge is 2.19. The van der Waals surface area contributed by atoms with Gasteiger partial charge in [-0.15, -0.1) is 0 Å². The highest BCUT2D eigenvalue weighted by atomic mass is 32.2. The van der Waals surface area contributed by atoms with Gasteiger partial charge in [0.2, 0.25) is 12.3 Å². The first-order valence-corrected chi connectivity index (χ1v) is 11.4. The predicted octanol–water partition coefficient (Wildman–Crippen LogP) is 5.17. The van der Waals surface area contributed by atoms with Gasteiger partial charge in [0.15, 0.2) is 0 Å². The fourth-order valence-corrected chi connectivity index (χ4v) is 4.66. The molecule has 0 atom stereocenters. The highest BCUT2D eigenvalue weighted by molar-refractivity contribution is 7.99. The van der Waals surface area contributed by atoms with Crippen molar-refractivity contribution in [3.63, 3.8) is 0 Å². The van der Waals surface area contributed by atoms with Crippen molar-refractivity contribution in [1.82, 2.24) is 4.98 Å². The van der Waals surface area contributed by atoms with Crippen molar-refractivity contribution in [3.05, 3.63) is 102 Å². The molecule has 2 heterocycles. The number of carbonyl (C=O) groups excluding carboxylic acids is 2. The average molecular weight is 470 g/mol. The van der Waals surface area contributed by atoms with Gasteiger partial charge in [-0.2, -0.15) is 0 Å². The smallest absolute Gasteiger partial charge is 0.256 e. The van der Waals surface area contributed by atoms with Crippen LogP contribution in [-0.4, -0.2) is 24.4 Å². The molecule has 1 aliphatic rings. The van der Waals surface area contributed by atoms with E-state index in [0.717, 1.165) is 38.6 Å². The minimum absolute atomic E-state index is 0.0588. The number of hydrogen-bond donors (Lipinski definition) is 2. The molecule has 4 aromatic rings. The number of fused-ring (bicyclic) bond motifs is 2. The number of nitrogens with one attached hydrogen (secondary N) is 1. The number of nitrogens with zero attached hydrogens (tertiary/aromatic N) is 1. The minimum atomic E-state index is -0.0588. The minimum Gasteiger partial charge on any atom is -0.481 e. The molecule has 6 nitrogen and oxygen atoms in total. The van der Waals surface area contributed by atoms with Crippen molar-refractivity contribution in [2.45, 2.75) is 16.2 Å². The fourth-order valence-electron chi connectivity index (χ4n) is 3.65. The summed E-state index contributed by atoms with van der Waals surface area (Å²) < 4.78 is 5.12. The van der Waals surface area contributed by atoms with Gasteiger partial charge in [0.05, 0.1) is 18.4 Å². The Morgan fingerprint density at radius 2 is 1.65 bits per heavy atom. The summed E-state index contributed by atoms with van der Waals surface area (Å²) in [5, 5.41) is 3.07. The molecule has 0 aliphatic carbocycles. The van der Waals surface area contributed by atoms with Gasteiger partial charge in [-0.25, -0.2) is 4.98 Å². The van der Waals surface area contributed by atoms with Crippen molar-refractivity contribution in [1.29, 1.82) is 0 Å². The summed E-state index contributed by atoms with van der Waals surface area (Å²) in [5.74, 6) is 0.549. The summed E-state index contributed by atoms with van der Waals surface area (Å²) in [6, 6.07) is 26.4. The Morgan fingerprint density at radius 3 is 2.35 bits per heavy atom. The van der Waals surface area contributed by atoms with Gasteiger partial charge in [0.1, 0.15) is 0 Å². The number of carbonyl (C=O) groups is 2. The van der Waals surface area contributed by atoms with Crippen LogP contribution in [0.1, 0.15) is 21.5 Å². The second-order valence-corrected chi connectivity index (χ2v) is 8.57. The third-order valence-corrected chi connectivity index (χ3v) is 6.44. The number of anilines is 1. The SMILES string of the molecule is COc1ccc(-c2ccc(Cc3ccc4c(c3)NC(=O)c3ccccc3S4)cc2)cn1.NC=O.